The van der Waals surface area contributed by atoms with E-state index in [0.29, 0.717) is 0 Å². The molecule has 2 heterocycles. The second-order valence-corrected chi connectivity index (χ2v) is 3.93. The van der Waals surface area contributed by atoms with E-state index in [1.807, 2.05) is 11.8 Å². The molecule has 2 rings (SSSR count). The monoisotopic (exact) mass is 169 g/mol. The summed E-state index contributed by atoms with van der Waals surface area (Å²) in [5.41, 5.74) is 0. The normalized spacial score (nSPS) is 41.7. The Kier molecular flexibility index (Phi) is 1.83. The summed E-state index contributed by atoms with van der Waals surface area (Å²) in [6.07, 6.45) is 2.43. The van der Waals surface area contributed by atoms with Gasteiger partial charge < -0.3 is 10.0 Å². The molecule has 0 aliphatic carbocycles. The van der Waals surface area contributed by atoms with E-state index in [1.54, 1.807) is 0 Å². The largest absolute Gasteiger partial charge is 0.391 e. The predicted octanol–water partition coefficient (Wildman–Crippen LogP) is 0.378. The first-order valence-corrected chi connectivity index (χ1v) is 4.68. The van der Waals surface area contributed by atoms with Crippen molar-refractivity contribution in [1.29, 1.82) is 0 Å². The van der Waals surface area contributed by atoms with E-state index in [0.717, 1.165) is 25.8 Å². The van der Waals surface area contributed by atoms with Crippen molar-refractivity contribution in [2.75, 3.05) is 6.54 Å². The third-order valence-electron chi connectivity index (χ3n) is 3.11. The van der Waals surface area contributed by atoms with Gasteiger partial charge in [0.2, 0.25) is 5.91 Å². The number of amides is 1. The van der Waals surface area contributed by atoms with Crippen LogP contribution in [-0.2, 0) is 4.79 Å². The van der Waals surface area contributed by atoms with E-state index in [2.05, 4.69) is 0 Å². The molecular formula is C9H15NO2. The van der Waals surface area contributed by atoms with E-state index in [1.165, 1.54) is 0 Å². The Morgan fingerprint density at radius 1 is 1.42 bits per heavy atom. The van der Waals surface area contributed by atoms with Crippen molar-refractivity contribution < 1.29 is 9.90 Å². The van der Waals surface area contributed by atoms with Crippen molar-refractivity contribution in [2.45, 2.75) is 38.3 Å². The van der Waals surface area contributed by atoms with E-state index >= 15 is 0 Å². The van der Waals surface area contributed by atoms with Gasteiger partial charge in [0, 0.05) is 12.5 Å². The van der Waals surface area contributed by atoms with Gasteiger partial charge >= 0.3 is 0 Å². The van der Waals surface area contributed by atoms with Gasteiger partial charge in [-0.15, -0.1) is 0 Å². The number of aliphatic hydroxyl groups excluding tert-OH is 1. The Hall–Kier alpha value is -0.570. The highest BCUT2D eigenvalue weighted by atomic mass is 16.3. The van der Waals surface area contributed by atoms with Gasteiger partial charge in [-0.3, -0.25) is 4.79 Å². The molecule has 12 heavy (non-hydrogen) atoms. The lowest BCUT2D eigenvalue weighted by molar-refractivity contribution is -0.140. The Labute approximate surface area is 72.4 Å². The lowest BCUT2D eigenvalue weighted by Gasteiger charge is -2.34. The maximum absolute atomic E-state index is 11.6. The number of fused-ring (bicyclic) bond motifs is 1. The van der Waals surface area contributed by atoms with Gasteiger partial charge in [0.15, 0.2) is 0 Å². The van der Waals surface area contributed by atoms with Crippen molar-refractivity contribution in [1.82, 2.24) is 4.90 Å². The Bertz CT molecular complexity index is 205. The molecule has 1 amide bonds. The number of piperidine rings is 1. The molecule has 3 nitrogen and oxygen atoms in total. The number of carbonyl (C=O) groups excluding carboxylic acids is 1. The lowest BCUT2D eigenvalue weighted by Crippen LogP contribution is -2.46. The first kappa shape index (κ1) is 8.05. The van der Waals surface area contributed by atoms with E-state index < -0.39 is 0 Å². The van der Waals surface area contributed by atoms with E-state index in [9.17, 15) is 9.90 Å². The molecule has 2 aliphatic rings. The van der Waals surface area contributed by atoms with Gasteiger partial charge in [-0.05, 0) is 19.3 Å². The van der Waals surface area contributed by atoms with Crippen molar-refractivity contribution >= 4 is 5.91 Å². The second-order valence-electron chi connectivity index (χ2n) is 3.93. The third kappa shape index (κ3) is 1.04. The number of aliphatic hydroxyl groups is 1. The standard InChI is InChI=1S/C9H15NO2/c1-6-2-3-7-8(11)4-5-10(7)9(6)12/h6-8,11H,2-5H2,1H3. The van der Waals surface area contributed by atoms with Crippen molar-refractivity contribution in [3.8, 4) is 0 Å². The van der Waals surface area contributed by atoms with E-state index in [-0.39, 0.29) is 24.0 Å². The summed E-state index contributed by atoms with van der Waals surface area (Å²) in [6, 6.07) is 0.133. The van der Waals surface area contributed by atoms with Crippen LogP contribution >= 0.6 is 0 Å². The Morgan fingerprint density at radius 3 is 2.92 bits per heavy atom. The minimum absolute atomic E-state index is 0.133. The molecule has 68 valence electrons. The maximum Gasteiger partial charge on any atom is 0.225 e. The quantitative estimate of drug-likeness (QED) is 0.569. The molecule has 0 aromatic carbocycles. The molecule has 3 heteroatoms. The number of hydrogen-bond acceptors (Lipinski definition) is 2. The minimum atomic E-state index is -0.263. The van der Waals surface area contributed by atoms with Crippen molar-refractivity contribution in [2.24, 2.45) is 5.92 Å². The zero-order valence-electron chi connectivity index (χ0n) is 7.36. The molecule has 2 saturated heterocycles. The van der Waals surface area contributed by atoms with Crippen LogP contribution in [0, 0.1) is 5.92 Å². The molecule has 1 N–H and O–H groups in total. The van der Waals surface area contributed by atoms with Gasteiger partial charge in [-0.1, -0.05) is 6.92 Å². The van der Waals surface area contributed by atoms with Crippen LogP contribution in [-0.4, -0.2) is 34.6 Å². The maximum atomic E-state index is 11.6. The highest BCUT2D eigenvalue weighted by Crippen LogP contribution is 2.30. The number of rotatable bonds is 0. The number of nitrogens with zero attached hydrogens (tertiary/aromatic N) is 1. The fraction of sp³-hybridized carbons (Fsp3) is 0.889. The van der Waals surface area contributed by atoms with Gasteiger partial charge in [0.1, 0.15) is 0 Å². The first-order chi connectivity index (χ1) is 5.70. The Balaban J connectivity index is 2.14. The van der Waals surface area contributed by atoms with Gasteiger partial charge in [0.05, 0.1) is 12.1 Å². The molecule has 3 unspecified atom stereocenters. The average Bonchev–Trinajstić information content (AvgIpc) is 2.41. The minimum Gasteiger partial charge on any atom is -0.391 e. The zero-order valence-corrected chi connectivity index (χ0v) is 7.36. The molecule has 2 fully saturated rings. The van der Waals surface area contributed by atoms with Crippen LogP contribution in [0.25, 0.3) is 0 Å². The summed E-state index contributed by atoms with van der Waals surface area (Å²) in [6.45, 7) is 2.73. The van der Waals surface area contributed by atoms with Crippen LogP contribution in [0.3, 0.4) is 0 Å². The van der Waals surface area contributed by atoms with E-state index in [4.69, 9.17) is 0 Å². The third-order valence-corrected chi connectivity index (χ3v) is 3.11. The van der Waals surface area contributed by atoms with Crippen LogP contribution < -0.4 is 0 Å². The van der Waals surface area contributed by atoms with Crippen molar-refractivity contribution in [3.05, 3.63) is 0 Å². The zero-order chi connectivity index (χ0) is 8.72. The predicted molar refractivity (Wildman–Crippen MR) is 44.5 cm³/mol. The van der Waals surface area contributed by atoms with Crippen LogP contribution in [0.5, 0.6) is 0 Å². The second kappa shape index (κ2) is 2.73. The summed E-state index contributed by atoms with van der Waals surface area (Å²) in [7, 11) is 0. The molecule has 0 saturated carbocycles. The first-order valence-electron chi connectivity index (χ1n) is 4.68. The van der Waals surface area contributed by atoms with Crippen LogP contribution in [0.1, 0.15) is 26.2 Å². The highest BCUT2D eigenvalue weighted by molar-refractivity contribution is 5.80. The van der Waals surface area contributed by atoms with Gasteiger partial charge in [-0.25, -0.2) is 0 Å². The summed E-state index contributed by atoms with van der Waals surface area (Å²) in [5.74, 6) is 0.411. The molecule has 3 atom stereocenters. The number of carbonyl (C=O) groups is 1. The summed E-state index contributed by atoms with van der Waals surface area (Å²) >= 11 is 0. The molecule has 0 bridgehead atoms. The number of hydrogen-bond donors (Lipinski definition) is 1. The fourth-order valence-corrected chi connectivity index (χ4v) is 2.29. The highest BCUT2D eigenvalue weighted by Gasteiger charge is 2.40. The van der Waals surface area contributed by atoms with Crippen LogP contribution in [0.15, 0.2) is 0 Å². The smallest absolute Gasteiger partial charge is 0.225 e. The van der Waals surface area contributed by atoms with Crippen LogP contribution in [0.4, 0.5) is 0 Å². The van der Waals surface area contributed by atoms with Gasteiger partial charge in [0.25, 0.3) is 0 Å². The lowest BCUT2D eigenvalue weighted by atomic mass is 9.93. The molecular weight excluding hydrogens is 154 g/mol. The van der Waals surface area contributed by atoms with Crippen molar-refractivity contribution in [3.63, 3.8) is 0 Å². The molecule has 2 aliphatic heterocycles. The fourth-order valence-electron chi connectivity index (χ4n) is 2.29. The summed E-state index contributed by atoms with van der Waals surface area (Å²) in [5, 5.41) is 9.53. The molecule has 0 radical (unpaired) electrons. The summed E-state index contributed by atoms with van der Waals surface area (Å²) in [4.78, 5) is 13.4. The van der Waals surface area contributed by atoms with Crippen LogP contribution in [0.2, 0.25) is 0 Å². The average molecular weight is 169 g/mol. The Morgan fingerprint density at radius 2 is 2.17 bits per heavy atom. The molecule has 0 aromatic heterocycles. The summed E-state index contributed by atoms with van der Waals surface area (Å²) < 4.78 is 0. The molecule has 0 aromatic rings. The topological polar surface area (TPSA) is 40.5 Å². The van der Waals surface area contributed by atoms with Gasteiger partial charge in [-0.2, -0.15) is 0 Å². The molecule has 0 spiro atoms. The SMILES string of the molecule is CC1CCC2C(O)CCN2C1=O.